The first-order valence-corrected chi connectivity index (χ1v) is 6.05. The largest absolute Gasteiger partial charge is 0.369 e. The topological polar surface area (TPSA) is 67.6 Å². The molecular formula is C15H11FN4. The zero-order chi connectivity index (χ0) is 14.3. The van der Waals surface area contributed by atoms with Gasteiger partial charge in [0.05, 0.1) is 22.3 Å². The van der Waals surface area contributed by atoms with E-state index in [0.717, 1.165) is 5.56 Å². The Kier molecular flexibility index (Phi) is 2.65. The van der Waals surface area contributed by atoms with Gasteiger partial charge in [-0.2, -0.15) is 5.26 Å². The van der Waals surface area contributed by atoms with Crippen molar-refractivity contribution in [1.29, 1.82) is 5.26 Å². The molecule has 0 saturated heterocycles. The molecule has 1 aromatic heterocycles. The fourth-order valence-electron chi connectivity index (χ4n) is 2.30. The van der Waals surface area contributed by atoms with Gasteiger partial charge in [0.15, 0.2) is 0 Å². The summed E-state index contributed by atoms with van der Waals surface area (Å²) in [4.78, 5) is 4.20. The standard InChI is InChI=1S/C15H11FN4/c1-9-3-2-4-13(11(9)8-17)20-14-7-10(16)5-6-12(14)19-15(20)18/h2-7H,1H3,(H2,18,19). The number of nitrogen functional groups attached to an aromatic ring is 1. The molecule has 0 spiro atoms. The van der Waals surface area contributed by atoms with Crippen LogP contribution in [-0.2, 0) is 0 Å². The summed E-state index contributed by atoms with van der Waals surface area (Å²) in [5, 5.41) is 9.32. The highest BCUT2D eigenvalue weighted by Gasteiger charge is 2.14. The number of fused-ring (bicyclic) bond motifs is 1. The van der Waals surface area contributed by atoms with E-state index in [1.807, 2.05) is 19.1 Å². The van der Waals surface area contributed by atoms with Crippen LogP contribution < -0.4 is 5.73 Å². The van der Waals surface area contributed by atoms with Crippen LogP contribution in [0.15, 0.2) is 36.4 Å². The van der Waals surface area contributed by atoms with E-state index in [1.54, 1.807) is 16.7 Å². The number of nitrogens with two attached hydrogens (primary N) is 1. The van der Waals surface area contributed by atoms with Crippen molar-refractivity contribution in [3.8, 4) is 11.8 Å². The van der Waals surface area contributed by atoms with Gasteiger partial charge in [0.25, 0.3) is 0 Å². The summed E-state index contributed by atoms with van der Waals surface area (Å²) in [5.41, 5.74) is 9.01. The van der Waals surface area contributed by atoms with Gasteiger partial charge in [-0.25, -0.2) is 9.37 Å². The fraction of sp³-hybridized carbons (Fsp3) is 0.0667. The number of nitrogens with zero attached hydrogens (tertiary/aromatic N) is 3. The monoisotopic (exact) mass is 266 g/mol. The van der Waals surface area contributed by atoms with Crippen LogP contribution in [-0.4, -0.2) is 9.55 Å². The molecule has 2 aromatic carbocycles. The van der Waals surface area contributed by atoms with Crippen LogP contribution in [0.3, 0.4) is 0 Å². The van der Waals surface area contributed by atoms with E-state index in [-0.39, 0.29) is 11.8 Å². The lowest BCUT2D eigenvalue weighted by atomic mass is 10.1. The Morgan fingerprint density at radius 3 is 2.85 bits per heavy atom. The molecular weight excluding hydrogens is 255 g/mol. The number of anilines is 1. The van der Waals surface area contributed by atoms with Crippen LogP contribution in [0, 0.1) is 24.1 Å². The van der Waals surface area contributed by atoms with Crippen molar-refractivity contribution in [3.63, 3.8) is 0 Å². The SMILES string of the molecule is Cc1cccc(-n2c(N)nc3ccc(F)cc32)c1C#N. The summed E-state index contributed by atoms with van der Waals surface area (Å²) in [6.07, 6.45) is 0. The van der Waals surface area contributed by atoms with Crippen LogP contribution in [0.2, 0.25) is 0 Å². The van der Waals surface area contributed by atoms with E-state index in [1.165, 1.54) is 12.1 Å². The van der Waals surface area contributed by atoms with Gasteiger partial charge in [0, 0.05) is 6.07 Å². The van der Waals surface area contributed by atoms with Crippen LogP contribution in [0.5, 0.6) is 0 Å². The number of hydrogen-bond donors (Lipinski definition) is 1. The van der Waals surface area contributed by atoms with Crippen molar-refractivity contribution in [2.75, 3.05) is 5.73 Å². The Bertz CT molecular complexity index is 858. The van der Waals surface area contributed by atoms with Crippen molar-refractivity contribution in [1.82, 2.24) is 9.55 Å². The van der Waals surface area contributed by atoms with Crippen molar-refractivity contribution in [3.05, 3.63) is 53.3 Å². The van der Waals surface area contributed by atoms with E-state index in [0.29, 0.717) is 22.3 Å². The summed E-state index contributed by atoms with van der Waals surface area (Å²) < 4.78 is 15.1. The Labute approximate surface area is 114 Å². The summed E-state index contributed by atoms with van der Waals surface area (Å²) in [5.74, 6) is -0.141. The first-order valence-electron chi connectivity index (χ1n) is 6.05. The highest BCUT2D eigenvalue weighted by atomic mass is 19.1. The minimum Gasteiger partial charge on any atom is -0.369 e. The quantitative estimate of drug-likeness (QED) is 0.736. The third-order valence-electron chi connectivity index (χ3n) is 3.25. The number of rotatable bonds is 1. The van der Waals surface area contributed by atoms with E-state index in [9.17, 15) is 9.65 Å². The average molecular weight is 266 g/mol. The molecule has 0 bridgehead atoms. The summed E-state index contributed by atoms with van der Waals surface area (Å²) in [6, 6.07) is 11.9. The highest BCUT2D eigenvalue weighted by Crippen LogP contribution is 2.27. The second kappa shape index (κ2) is 4.35. The molecule has 4 nitrogen and oxygen atoms in total. The van der Waals surface area contributed by atoms with Crippen molar-refractivity contribution in [2.24, 2.45) is 0 Å². The zero-order valence-corrected chi connectivity index (χ0v) is 10.8. The van der Waals surface area contributed by atoms with E-state index in [4.69, 9.17) is 5.73 Å². The van der Waals surface area contributed by atoms with Crippen LogP contribution in [0.1, 0.15) is 11.1 Å². The predicted molar refractivity (Wildman–Crippen MR) is 74.9 cm³/mol. The molecule has 1 heterocycles. The van der Waals surface area contributed by atoms with Gasteiger partial charge in [-0.1, -0.05) is 12.1 Å². The van der Waals surface area contributed by atoms with E-state index >= 15 is 0 Å². The molecule has 98 valence electrons. The molecule has 20 heavy (non-hydrogen) atoms. The van der Waals surface area contributed by atoms with Crippen LogP contribution in [0.25, 0.3) is 16.7 Å². The lowest BCUT2D eigenvalue weighted by Gasteiger charge is -2.10. The van der Waals surface area contributed by atoms with E-state index < -0.39 is 0 Å². The van der Waals surface area contributed by atoms with Crippen molar-refractivity contribution >= 4 is 17.0 Å². The molecule has 0 unspecified atom stereocenters. The first-order chi connectivity index (χ1) is 9.61. The minimum absolute atomic E-state index is 0.229. The third-order valence-corrected chi connectivity index (χ3v) is 3.25. The number of aryl methyl sites for hydroxylation is 1. The normalized spacial score (nSPS) is 10.7. The molecule has 0 saturated carbocycles. The minimum atomic E-state index is -0.371. The molecule has 3 rings (SSSR count). The predicted octanol–water partition coefficient (Wildman–Crippen LogP) is 2.93. The van der Waals surface area contributed by atoms with Crippen molar-refractivity contribution in [2.45, 2.75) is 6.92 Å². The van der Waals surface area contributed by atoms with Crippen molar-refractivity contribution < 1.29 is 4.39 Å². The number of hydrogen-bond acceptors (Lipinski definition) is 3. The van der Waals surface area contributed by atoms with Crippen LogP contribution in [0.4, 0.5) is 10.3 Å². The molecule has 3 aromatic rings. The molecule has 0 amide bonds. The van der Waals surface area contributed by atoms with Gasteiger partial charge in [-0.05, 0) is 30.7 Å². The number of aromatic nitrogens is 2. The first kappa shape index (κ1) is 12.2. The van der Waals surface area contributed by atoms with E-state index in [2.05, 4.69) is 11.1 Å². The summed E-state index contributed by atoms with van der Waals surface area (Å²) >= 11 is 0. The van der Waals surface area contributed by atoms with Gasteiger partial charge < -0.3 is 5.73 Å². The Hall–Kier alpha value is -2.87. The Balaban J connectivity index is 2.41. The van der Waals surface area contributed by atoms with Gasteiger partial charge in [-0.3, -0.25) is 4.57 Å². The Morgan fingerprint density at radius 1 is 1.30 bits per heavy atom. The second-order valence-electron chi connectivity index (χ2n) is 4.52. The second-order valence-corrected chi connectivity index (χ2v) is 4.52. The molecule has 0 aliphatic rings. The molecule has 0 atom stereocenters. The number of nitriles is 1. The number of halogens is 1. The molecule has 0 aliphatic heterocycles. The maximum absolute atomic E-state index is 13.5. The molecule has 0 aliphatic carbocycles. The fourth-order valence-corrected chi connectivity index (χ4v) is 2.30. The maximum Gasteiger partial charge on any atom is 0.205 e. The lowest BCUT2D eigenvalue weighted by molar-refractivity contribution is 0.629. The van der Waals surface area contributed by atoms with Gasteiger partial charge in [0.2, 0.25) is 5.95 Å². The van der Waals surface area contributed by atoms with Gasteiger partial charge >= 0.3 is 0 Å². The molecule has 0 radical (unpaired) electrons. The number of benzene rings is 2. The molecule has 5 heteroatoms. The average Bonchev–Trinajstić information content (AvgIpc) is 2.73. The summed E-state index contributed by atoms with van der Waals surface area (Å²) in [7, 11) is 0. The number of imidazole rings is 1. The Morgan fingerprint density at radius 2 is 2.10 bits per heavy atom. The third kappa shape index (κ3) is 1.70. The summed E-state index contributed by atoms with van der Waals surface area (Å²) in [6.45, 7) is 1.85. The van der Waals surface area contributed by atoms with Crippen LogP contribution >= 0.6 is 0 Å². The van der Waals surface area contributed by atoms with Gasteiger partial charge in [0.1, 0.15) is 11.9 Å². The smallest absolute Gasteiger partial charge is 0.205 e. The van der Waals surface area contributed by atoms with Gasteiger partial charge in [-0.15, -0.1) is 0 Å². The molecule has 2 N–H and O–H groups in total. The molecule has 0 fully saturated rings. The zero-order valence-electron chi connectivity index (χ0n) is 10.8. The lowest BCUT2D eigenvalue weighted by Crippen LogP contribution is -2.03. The maximum atomic E-state index is 13.5. The highest BCUT2D eigenvalue weighted by molar-refractivity contribution is 5.81.